The van der Waals surface area contributed by atoms with Crippen LogP contribution in [0.2, 0.25) is 0 Å². The van der Waals surface area contributed by atoms with Crippen molar-refractivity contribution in [2.24, 2.45) is 0 Å². The number of aromatic nitrogens is 5. The first-order chi connectivity index (χ1) is 11.6. The van der Waals surface area contributed by atoms with Crippen LogP contribution in [0.15, 0.2) is 46.1 Å². The number of carbonyl (C=O) groups is 1. The third-order valence-electron chi connectivity index (χ3n) is 3.20. The van der Waals surface area contributed by atoms with Crippen LogP contribution in [0.3, 0.4) is 0 Å². The van der Waals surface area contributed by atoms with E-state index in [4.69, 9.17) is 4.52 Å². The SMILES string of the molecule is Cc1cc(NC(=O)C(C)Sc2nnnn2Cc2ccccc2)no1. The number of thioether (sulfide) groups is 1. The van der Waals surface area contributed by atoms with Gasteiger partial charge in [0.1, 0.15) is 5.76 Å². The van der Waals surface area contributed by atoms with Crippen molar-refractivity contribution in [3.63, 3.8) is 0 Å². The van der Waals surface area contributed by atoms with Crippen LogP contribution in [0.1, 0.15) is 18.2 Å². The normalized spacial score (nSPS) is 12.1. The van der Waals surface area contributed by atoms with E-state index in [1.807, 2.05) is 30.3 Å². The number of nitrogens with zero attached hydrogens (tertiary/aromatic N) is 5. The molecule has 0 saturated carbocycles. The Morgan fingerprint density at radius 2 is 2.17 bits per heavy atom. The lowest BCUT2D eigenvalue weighted by atomic mass is 10.2. The van der Waals surface area contributed by atoms with Crippen LogP contribution in [0, 0.1) is 6.92 Å². The second kappa shape index (κ2) is 7.26. The number of carbonyl (C=O) groups excluding carboxylic acids is 1. The minimum Gasteiger partial charge on any atom is -0.360 e. The van der Waals surface area contributed by atoms with Crippen LogP contribution in [0.4, 0.5) is 5.82 Å². The zero-order valence-electron chi connectivity index (χ0n) is 13.2. The summed E-state index contributed by atoms with van der Waals surface area (Å²) in [5.74, 6) is 0.841. The lowest BCUT2D eigenvalue weighted by Crippen LogP contribution is -2.23. The van der Waals surface area contributed by atoms with Crippen LogP contribution >= 0.6 is 11.8 Å². The largest absolute Gasteiger partial charge is 0.360 e. The first kappa shape index (κ1) is 16.2. The molecule has 1 amide bonds. The maximum Gasteiger partial charge on any atom is 0.238 e. The molecule has 0 aliphatic heterocycles. The van der Waals surface area contributed by atoms with Crippen LogP contribution in [0.5, 0.6) is 0 Å². The first-order valence-electron chi connectivity index (χ1n) is 7.33. The Morgan fingerprint density at radius 1 is 1.38 bits per heavy atom. The van der Waals surface area contributed by atoms with Gasteiger partial charge in [-0.05, 0) is 29.8 Å². The van der Waals surface area contributed by atoms with Crippen molar-refractivity contribution in [2.45, 2.75) is 30.8 Å². The Labute approximate surface area is 142 Å². The number of rotatable bonds is 6. The fourth-order valence-corrected chi connectivity index (χ4v) is 2.79. The standard InChI is InChI=1S/C15H16N6O2S/c1-10-8-13(18-23-10)16-14(22)11(2)24-15-17-19-20-21(15)9-12-6-4-3-5-7-12/h3-8,11H,9H2,1-2H3,(H,16,18,22). The molecule has 0 spiro atoms. The third kappa shape index (κ3) is 3.99. The number of amides is 1. The number of hydrogen-bond donors (Lipinski definition) is 1. The van der Waals surface area contributed by atoms with E-state index < -0.39 is 0 Å². The average Bonchev–Trinajstić information content (AvgIpc) is 3.17. The molecule has 3 aromatic rings. The summed E-state index contributed by atoms with van der Waals surface area (Å²) in [6.45, 7) is 4.10. The van der Waals surface area contributed by atoms with E-state index in [2.05, 4.69) is 26.0 Å². The number of nitrogens with one attached hydrogen (secondary N) is 1. The second-order valence-electron chi connectivity index (χ2n) is 5.18. The third-order valence-corrected chi connectivity index (χ3v) is 4.28. The van der Waals surface area contributed by atoms with E-state index in [1.54, 1.807) is 24.6 Å². The molecule has 1 N–H and O–H groups in total. The fourth-order valence-electron chi connectivity index (χ4n) is 2.00. The average molecular weight is 344 g/mol. The summed E-state index contributed by atoms with van der Waals surface area (Å²) in [7, 11) is 0. The molecule has 24 heavy (non-hydrogen) atoms. The fraction of sp³-hybridized carbons (Fsp3) is 0.267. The molecule has 0 fully saturated rings. The highest BCUT2D eigenvalue weighted by Gasteiger charge is 2.19. The molecule has 1 unspecified atom stereocenters. The molecular formula is C15H16N6O2S. The molecule has 124 valence electrons. The molecule has 2 aromatic heterocycles. The smallest absolute Gasteiger partial charge is 0.238 e. The van der Waals surface area contributed by atoms with Crippen molar-refractivity contribution in [1.29, 1.82) is 0 Å². The Bertz CT molecular complexity index is 816. The van der Waals surface area contributed by atoms with Gasteiger partial charge in [-0.3, -0.25) is 4.79 Å². The van der Waals surface area contributed by atoms with Gasteiger partial charge in [-0.2, -0.15) is 0 Å². The Balaban J connectivity index is 1.63. The van der Waals surface area contributed by atoms with Gasteiger partial charge in [-0.1, -0.05) is 47.3 Å². The van der Waals surface area contributed by atoms with Gasteiger partial charge < -0.3 is 9.84 Å². The summed E-state index contributed by atoms with van der Waals surface area (Å²) in [6, 6.07) is 11.5. The molecular weight excluding hydrogens is 328 g/mol. The molecule has 9 heteroatoms. The summed E-state index contributed by atoms with van der Waals surface area (Å²) < 4.78 is 6.60. The molecule has 3 rings (SSSR count). The number of benzene rings is 1. The minimum atomic E-state index is -0.387. The quantitative estimate of drug-likeness (QED) is 0.684. The van der Waals surface area contributed by atoms with E-state index in [9.17, 15) is 4.79 Å². The molecule has 1 atom stereocenters. The molecule has 0 bridgehead atoms. The summed E-state index contributed by atoms with van der Waals surface area (Å²) in [4.78, 5) is 12.2. The Morgan fingerprint density at radius 3 is 2.88 bits per heavy atom. The van der Waals surface area contributed by atoms with Crippen LogP contribution in [0.25, 0.3) is 0 Å². The second-order valence-corrected chi connectivity index (χ2v) is 6.48. The van der Waals surface area contributed by atoms with Gasteiger partial charge in [-0.25, -0.2) is 4.68 Å². The van der Waals surface area contributed by atoms with E-state index >= 15 is 0 Å². The number of hydrogen-bond acceptors (Lipinski definition) is 7. The maximum atomic E-state index is 12.2. The van der Waals surface area contributed by atoms with Crippen LogP contribution in [-0.2, 0) is 11.3 Å². The van der Waals surface area contributed by atoms with Crippen molar-refractivity contribution in [2.75, 3.05) is 5.32 Å². The van der Waals surface area contributed by atoms with E-state index in [0.29, 0.717) is 23.3 Å². The monoisotopic (exact) mass is 344 g/mol. The molecule has 8 nitrogen and oxygen atoms in total. The molecule has 0 saturated heterocycles. The Hall–Kier alpha value is -2.68. The lowest BCUT2D eigenvalue weighted by molar-refractivity contribution is -0.115. The highest BCUT2D eigenvalue weighted by molar-refractivity contribution is 8.00. The van der Waals surface area contributed by atoms with Gasteiger partial charge >= 0.3 is 0 Å². The predicted molar refractivity (Wildman–Crippen MR) is 88.5 cm³/mol. The summed E-state index contributed by atoms with van der Waals surface area (Å²) >= 11 is 1.29. The highest BCUT2D eigenvalue weighted by Crippen LogP contribution is 2.22. The highest BCUT2D eigenvalue weighted by atomic mass is 32.2. The van der Waals surface area contributed by atoms with Crippen molar-refractivity contribution in [3.8, 4) is 0 Å². The van der Waals surface area contributed by atoms with Crippen molar-refractivity contribution in [1.82, 2.24) is 25.4 Å². The van der Waals surface area contributed by atoms with Gasteiger partial charge in [0, 0.05) is 6.07 Å². The van der Waals surface area contributed by atoms with Gasteiger partial charge in [0.15, 0.2) is 5.82 Å². The van der Waals surface area contributed by atoms with Gasteiger partial charge in [0.25, 0.3) is 0 Å². The zero-order chi connectivity index (χ0) is 16.9. The summed E-state index contributed by atoms with van der Waals surface area (Å²) in [5, 5.41) is 18.3. The molecule has 0 radical (unpaired) electrons. The topological polar surface area (TPSA) is 98.7 Å². The Kier molecular flexibility index (Phi) is 4.90. The number of anilines is 1. The van der Waals surface area contributed by atoms with Crippen LogP contribution < -0.4 is 5.32 Å². The van der Waals surface area contributed by atoms with Crippen molar-refractivity contribution in [3.05, 3.63) is 47.7 Å². The van der Waals surface area contributed by atoms with Gasteiger partial charge in [0.2, 0.25) is 11.1 Å². The van der Waals surface area contributed by atoms with E-state index in [1.165, 1.54) is 11.8 Å². The lowest BCUT2D eigenvalue weighted by Gasteiger charge is -2.10. The number of tetrazole rings is 1. The van der Waals surface area contributed by atoms with Crippen molar-refractivity contribution >= 4 is 23.5 Å². The summed E-state index contributed by atoms with van der Waals surface area (Å²) in [6.07, 6.45) is 0. The molecule has 2 heterocycles. The molecule has 1 aromatic carbocycles. The predicted octanol–water partition coefficient (Wildman–Crippen LogP) is 2.14. The molecule has 0 aliphatic rings. The van der Waals surface area contributed by atoms with E-state index in [0.717, 1.165) is 5.56 Å². The summed E-state index contributed by atoms with van der Waals surface area (Å²) in [5.41, 5.74) is 1.09. The zero-order valence-corrected chi connectivity index (χ0v) is 14.0. The first-order valence-corrected chi connectivity index (χ1v) is 8.20. The molecule has 0 aliphatic carbocycles. The number of aryl methyl sites for hydroxylation is 1. The van der Waals surface area contributed by atoms with Gasteiger partial charge in [-0.15, -0.1) is 5.10 Å². The van der Waals surface area contributed by atoms with Gasteiger partial charge in [0.05, 0.1) is 11.8 Å². The maximum absolute atomic E-state index is 12.2. The minimum absolute atomic E-state index is 0.192. The van der Waals surface area contributed by atoms with Crippen molar-refractivity contribution < 1.29 is 9.32 Å². The van der Waals surface area contributed by atoms with Crippen LogP contribution in [-0.4, -0.2) is 36.5 Å². The van der Waals surface area contributed by atoms with E-state index in [-0.39, 0.29) is 11.2 Å².